The molecule has 0 fully saturated rings. The van der Waals surface area contributed by atoms with Crippen molar-refractivity contribution in [1.29, 1.82) is 0 Å². The first-order valence-corrected chi connectivity index (χ1v) is 10.0. The molecule has 0 aliphatic heterocycles. The van der Waals surface area contributed by atoms with E-state index in [0.717, 1.165) is 47.5 Å². The standard InChI is InChI=1S/C20H31N5OS.HI/c1-15-16(2)27-19(24-15)9-10-22-20(21-3)23-14-17-7-6-8-18(13-17)26-12-11-25(4)5;/h6-8,13H,9-12,14H2,1-5H3,(H2,21,22,23);1H. The van der Waals surface area contributed by atoms with E-state index in [-0.39, 0.29) is 24.0 Å². The van der Waals surface area contributed by atoms with Crippen LogP contribution in [0.25, 0.3) is 0 Å². The van der Waals surface area contributed by atoms with Gasteiger partial charge in [0, 0.05) is 38.0 Å². The molecule has 6 nitrogen and oxygen atoms in total. The number of aliphatic imine (C=N–C) groups is 1. The van der Waals surface area contributed by atoms with Gasteiger partial charge in [-0.25, -0.2) is 4.98 Å². The number of aryl methyl sites for hydroxylation is 2. The zero-order chi connectivity index (χ0) is 19.6. The van der Waals surface area contributed by atoms with Gasteiger partial charge in [0.05, 0.1) is 10.7 Å². The number of thiazole rings is 1. The molecule has 0 unspecified atom stereocenters. The Morgan fingerprint density at radius 3 is 2.68 bits per heavy atom. The van der Waals surface area contributed by atoms with Gasteiger partial charge in [-0.1, -0.05) is 12.1 Å². The summed E-state index contributed by atoms with van der Waals surface area (Å²) in [5, 5.41) is 7.86. The molecule has 0 aliphatic carbocycles. The van der Waals surface area contributed by atoms with Crippen molar-refractivity contribution in [2.24, 2.45) is 4.99 Å². The van der Waals surface area contributed by atoms with Crippen LogP contribution in [0.1, 0.15) is 21.1 Å². The van der Waals surface area contributed by atoms with Crippen molar-refractivity contribution in [3.05, 3.63) is 45.4 Å². The highest BCUT2D eigenvalue weighted by Crippen LogP contribution is 2.16. The van der Waals surface area contributed by atoms with Crippen LogP contribution in [0, 0.1) is 13.8 Å². The maximum Gasteiger partial charge on any atom is 0.191 e. The summed E-state index contributed by atoms with van der Waals surface area (Å²) in [7, 11) is 5.87. The third-order valence-electron chi connectivity index (χ3n) is 4.09. The van der Waals surface area contributed by atoms with Crippen LogP contribution in [0.5, 0.6) is 5.75 Å². The van der Waals surface area contributed by atoms with Gasteiger partial charge in [-0.3, -0.25) is 4.99 Å². The predicted molar refractivity (Wildman–Crippen MR) is 129 cm³/mol. The lowest BCUT2D eigenvalue weighted by molar-refractivity contribution is 0.261. The van der Waals surface area contributed by atoms with Gasteiger partial charge in [0.2, 0.25) is 0 Å². The number of guanidine groups is 1. The molecule has 156 valence electrons. The Bertz CT molecular complexity index is 728. The number of hydrogen-bond acceptors (Lipinski definition) is 5. The Morgan fingerprint density at radius 1 is 1.25 bits per heavy atom. The van der Waals surface area contributed by atoms with Crippen LogP contribution in [0.15, 0.2) is 29.3 Å². The van der Waals surface area contributed by atoms with E-state index in [4.69, 9.17) is 4.74 Å². The molecular weight excluding hydrogens is 485 g/mol. The Labute approximate surface area is 189 Å². The summed E-state index contributed by atoms with van der Waals surface area (Å²) in [6, 6.07) is 8.16. The number of benzene rings is 1. The molecule has 2 aromatic rings. The predicted octanol–water partition coefficient (Wildman–Crippen LogP) is 3.23. The quantitative estimate of drug-likeness (QED) is 0.304. The van der Waals surface area contributed by atoms with Crippen molar-refractivity contribution in [2.75, 3.05) is 40.8 Å². The average molecular weight is 517 g/mol. The highest BCUT2D eigenvalue weighted by atomic mass is 127. The molecule has 0 amide bonds. The molecule has 1 heterocycles. The van der Waals surface area contributed by atoms with E-state index >= 15 is 0 Å². The SMILES string of the molecule is CN=C(NCCc1nc(C)c(C)s1)NCc1cccc(OCCN(C)C)c1.I. The number of likely N-dealkylation sites (N-methyl/N-ethyl adjacent to an activating group) is 1. The summed E-state index contributed by atoms with van der Waals surface area (Å²) in [5.74, 6) is 1.69. The first-order valence-electron chi connectivity index (χ1n) is 9.22. The number of hydrogen-bond donors (Lipinski definition) is 2. The molecule has 0 bridgehead atoms. The number of halogens is 1. The van der Waals surface area contributed by atoms with Crippen LogP contribution >= 0.6 is 35.3 Å². The minimum atomic E-state index is 0. The molecule has 8 heteroatoms. The number of aromatic nitrogens is 1. The first-order chi connectivity index (χ1) is 13.0. The van der Waals surface area contributed by atoms with Crippen LogP contribution in [-0.4, -0.2) is 56.7 Å². The largest absolute Gasteiger partial charge is 0.492 e. The molecule has 0 atom stereocenters. The van der Waals surface area contributed by atoms with Crippen molar-refractivity contribution in [2.45, 2.75) is 26.8 Å². The van der Waals surface area contributed by atoms with E-state index in [1.54, 1.807) is 18.4 Å². The fourth-order valence-electron chi connectivity index (χ4n) is 2.43. The zero-order valence-electron chi connectivity index (χ0n) is 17.4. The molecule has 0 radical (unpaired) electrons. The normalized spacial score (nSPS) is 11.3. The third kappa shape index (κ3) is 8.74. The maximum absolute atomic E-state index is 5.80. The number of nitrogens with zero attached hydrogens (tertiary/aromatic N) is 3. The second-order valence-electron chi connectivity index (χ2n) is 6.65. The van der Waals surface area contributed by atoms with E-state index in [1.165, 1.54) is 4.88 Å². The van der Waals surface area contributed by atoms with E-state index in [9.17, 15) is 0 Å². The highest BCUT2D eigenvalue weighted by Gasteiger charge is 2.05. The van der Waals surface area contributed by atoms with E-state index in [0.29, 0.717) is 13.2 Å². The molecule has 0 aliphatic rings. The lowest BCUT2D eigenvalue weighted by Gasteiger charge is -2.13. The van der Waals surface area contributed by atoms with Crippen LogP contribution in [0.3, 0.4) is 0 Å². The number of ether oxygens (including phenoxy) is 1. The Morgan fingerprint density at radius 2 is 2.04 bits per heavy atom. The second-order valence-corrected chi connectivity index (χ2v) is 7.94. The van der Waals surface area contributed by atoms with Gasteiger partial charge < -0.3 is 20.3 Å². The first kappa shape index (κ1) is 24.6. The molecule has 2 rings (SSSR count). The molecule has 1 aromatic heterocycles. The highest BCUT2D eigenvalue weighted by molar-refractivity contribution is 14.0. The third-order valence-corrected chi connectivity index (χ3v) is 5.23. The van der Waals surface area contributed by atoms with Crippen molar-refractivity contribution in [1.82, 2.24) is 20.5 Å². The molecule has 0 spiro atoms. The van der Waals surface area contributed by atoms with Crippen LogP contribution in [0.4, 0.5) is 0 Å². The lowest BCUT2D eigenvalue weighted by Crippen LogP contribution is -2.37. The Balaban J connectivity index is 0.00000392. The maximum atomic E-state index is 5.80. The van der Waals surface area contributed by atoms with Crippen LogP contribution in [-0.2, 0) is 13.0 Å². The van der Waals surface area contributed by atoms with Crippen molar-refractivity contribution in [3.8, 4) is 5.75 Å². The van der Waals surface area contributed by atoms with E-state index < -0.39 is 0 Å². The topological polar surface area (TPSA) is 61.8 Å². The van der Waals surface area contributed by atoms with Gasteiger partial charge in [-0.2, -0.15) is 0 Å². The molecular formula is C20H32IN5OS. The molecule has 1 aromatic carbocycles. The van der Waals surface area contributed by atoms with Gasteiger partial charge in [-0.15, -0.1) is 35.3 Å². The summed E-state index contributed by atoms with van der Waals surface area (Å²) >= 11 is 1.77. The van der Waals surface area contributed by atoms with Gasteiger partial charge >= 0.3 is 0 Å². The van der Waals surface area contributed by atoms with Crippen LogP contribution in [0.2, 0.25) is 0 Å². The summed E-state index contributed by atoms with van der Waals surface area (Å²) in [6.45, 7) is 7.25. The Hall–Kier alpha value is -1.39. The van der Waals surface area contributed by atoms with Gasteiger partial charge in [0.25, 0.3) is 0 Å². The van der Waals surface area contributed by atoms with Crippen molar-refractivity contribution in [3.63, 3.8) is 0 Å². The zero-order valence-corrected chi connectivity index (χ0v) is 20.6. The van der Waals surface area contributed by atoms with Gasteiger partial charge in [0.1, 0.15) is 12.4 Å². The number of nitrogens with one attached hydrogen (secondary N) is 2. The minimum Gasteiger partial charge on any atom is -0.492 e. The van der Waals surface area contributed by atoms with E-state index in [1.807, 2.05) is 26.2 Å². The molecule has 0 saturated carbocycles. The fraction of sp³-hybridized carbons (Fsp3) is 0.500. The molecule has 2 N–H and O–H groups in total. The fourth-order valence-corrected chi connectivity index (χ4v) is 3.37. The van der Waals surface area contributed by atoms with Gasteiger partial charge in [-0.05, 0) is 45.6 Å². The second kappa shape index (κ2) is 12.9. The smallest absolute Gasteiger partial charge is 0.191 e. The van der Waals surface area contributed by atoms with E-state index in [2.05, 4.69) is 51.5 Å². The number of rotatable bonds is 9. The minimum absolute atomic E-state index is 0. The summed E-state index contributed by atoms with van der Waals surface area (Å²) in [6.07, 6.45) is 0.898. The summed E-state index contributed by atoms with van der Waals surface area (Å²) in [5.41, 5.74) is 2.29. The monoisotopic (exact) mass is 517 g/mol. The Kier molecular flexibility index (Phi) is 11.4. The summed E-state index contributed by atoms with van der Waals surface area (Å²) in [4.78, 5) is 12.3. The lowest BCUT2D eigenvalue weighted by atomic mass is 10.2. The molecule has 0 saturated heterocycles. The van der Waals surface area contributed by atoms with Crippen molar-refractivity contribution < 1.29 is 4.74 Å². The van der Waals surface area contributed by atoms with Gasteiger partial charge in [0.15, 0.2) is 5.96 Å². The molecule has 28 heavy (non-hydrogen) atoms. The van der Waals surface area contributed by atoms with Crippen molar-refractivity contribution >= 4 is 41.3 Å². The van der Waals surface area contributed by atoms with Crippen LogP contribution < -0.4 is 15.4 Å². The average Bonchev–Trinajstić information content (AvgIpc) is 2.95. The summed E-state index contributed by atoms with van der Waals surface area (Å²) < 4.78 is 5.80.